The third-order valence-corrected chi connectivity index (χ3v) is 2.76. The Morgan fingerprint density at radius 2 is 1.95 bits per heavy atom. The minimum atomic E-state index is -4.64. The molecule has 0 bridgehead atoms. The fraction of sp³-hybridized carbons (Fsp3) is 0.333. The van der Waals surface area contributed by atoms with Crippen molar-refractivity contribution in [3.63, 3.8) is 0 Å². The molecule has 0 atom stereocenters. The smallest absolute Gasteiger partial charge is 0.307 e. The van der Waals surface area contributed by atoms with Crippen LogP contribution >= 0.6 is 0 Å². The summed E-state index contributed by atoms with van der Waals surface area (Å²) in [5.74, 6) is 0. The maximum Gasteiger partial charge on any atom is 0.417 e. The Bertz CT molecular complexity index is 728. The number of alkyl halides is 3. The summed E-state index contributed by atoms with van der Waals surface area (Å²) in [6.45, 7) is 1.81. The molecule has 1 aromatic carbocycles. The van der Waals surface area contributed by atoms with Gasteiger partial charge >= 0.3 is 11.9 Å². The molecule has 0 fully saturated rings. The summed E-state index contributed by atoms with van der Waals surface area (Å²) >= 11 is 0. The molecule has 0 saturated carbocycles. The van der Waals surface area contributed by atoms with Crippen molar-refractivity contribution in [2.75, 3.05) is 0 Å². The fourth-order valence-corrected chi connectivity index (χ4v) is 1.96. The van der Waals surface area contributed by atoms with Gasteiger partial charge in [-0.25, -0.2) is 4.79 Å². The highest BCUT2D eigenvalue weighted by atomic mass is 19.4. The number of aromatic nitrogens is 2. The average Bonchev–Trinajstić information content (AvgIpc) is 2.32. The van der Waals surface area contributed by atoms with Gasteiger partial charge in [0.25, 0.3) is 5.56 Å². The van der Waals surface area contributed by atoms with Crippen molar-refractivity contribution in [1.82, 2.24) is 9.55 Å². The number of fused-ring (bicyclic) bond motifs is 1. The van der Waals surface area contributed by atoms with E-state index in [1.807, 2.05) is 0 Å². The molecule has 7 heteroatoms. The van der Waals surface area contributed by atoms with Crippen LogP contribution in [0.15, 0.2) is 27.8 Å². The molecule has 0 unspecified atom stereocenters. The lowest BCUT2D eigenvalue weighted by molar-refractivity contribution is -0.136. The molecule has 1 aromatic heterocycles. The number of hydrogen-bond donors (Lipinski definition) is 1. The topological polar surface area (TPSA) is 54.9 Å². The molecule has 0 spiro atoms. The van der Waals surface area contributed by atoms with Crippen molar-refractivity contribution in [3.05, 3.63) is 44.6 Å². The third kappa shape index (κ3) is 2.27. The Morgan fingerprint density at radius 1 is 1.26 bits per heavy atom. The van der Waals surface area contributed by atoms with Gasteiger partial charge < -0.3 is 4.98 Å². The molecule has 4 nitrogen and oxygen atoms in total. The van der Waals surface area contributed by atoms with E-state index >= 15 is 0 Å². The zero-order chi connectivity index (χ0) is 14.2. The lowest BCUT2D eigenvalue weighted by Crippen LogP contribution is -2.35. The molecule has 0 radical (unpaired) electrons. The second-order valence-electron chi connectivity index (χ2n) is 4.11. The molecular formula is C12H11F3N2O2. The molecular weight excluding hydrogens is 261 g/mol. The Hall–Kier alpha value is -2.05. The summed E-state index contributed by atoms with van der Waals surface area (Å²) in [5, 5.41) is -0.497. The molecule has 2 aromatic rings. The highest BCUT2D eigenvalue weighted by Crippen LogP contribution is 2.32. The van der Waals surface area contributed by atoms with Crippen LogP contribution in [0.25, 0.3) is 10.9 Å². The van der Waals surface area contributed by atoms with Crippen LogP contribution in [-0.4, -0.2) is 9.55 Å². The molecule has 2 rings (SSSR count). The standard InChI is InChI=1S/C12H11F3N2O2/c1-2-6-17-10(18)9-7(12(13,14)15)4-3-5-8(9)16-11(17)19/h3-5H,2,6H2,1H3,(H,16,19). The number of aromatic amines is 1. The lowest BCUT2D eigenvalue weighted by Gasteiger charge is -2.11. The van der Waals surface area contributed by atoms with E-state index in [1.165, 1.54) is 6.07 Å². The van der Waals surface area contributed by atoms with Crippen LogP contribution in [-0.2, 0) is 12.7 Å². The Kier molecular flexibility index (Phi) is 3.21. The number of rotatable bonds is 2. The van der Waals surface area contributed by atoms with Crippen molar-refractivity contribution >= 4 is 10.9 Å². The van der Waals surface area contributed by atoms with Gasteiger partial charge in [0.05, 0.1) is 16.5 Å². The van der Waals surface area contributed by atoms with Crippen molar-refractivity contribution in [3.8, 4) is 0 Å². The average molecular weight is 272 g/mol. The second kappa shape index (κ2) is 4.56. The predicted molar refractivity (Wildman–Crippen MR) is 64.1 cm³/mol. The van der Waals surface area contributed by atoms with Crippen LogP contribution in [0, 0.1) is 0 Å². The minimum absolute atomic E-state index is 0.0797. The summed E-state index contributed by atoms with van der Waals surface area (Å²) in [6, 6.07) is 3.27. The van der Waals surface area contributed by atoms with Gasteiger partial charge in [0.1, 0.15) is 0 Å². The van der Waals surface area contributed by atoms with Gasteiger partial charge in [0, 0.05) is 6.54 Å². The molecule has 0 aliphatic rings. The monoisotopic (exact) mass is 272 g/mol. The summed E-state index contributed by atoms with van der Waals surface area (Å²) < 4.78 is 39.4. The van der Waals surface area contributed by atoms with E-state index in [9.17, 15) is 22.8 Å². The predicted octanol–water partition coefficient (Wildman–Crippen LogP) is 2.12. The van der Waals surface area contributed by atoms with Crippen molar-refractivity contribution in [1.29, 1.82) is 0 Å². The lowest BCUT2D eigenvalue weighted by atomic mass is 10.1. The molecule has 0 amide bonds. The van der Waals surface area contributed by atoms with Gasteiger partial charge in [-0.2, -0.15) is 13.2 Å². The molecule has 0 saturated heterocycles. The first-order valence-electron chi connectivity index (χ1n) is 5.69. The van der Waals surface area contributed by atoms with Gasteiger partial charge in [-0.05, 0) is 18.6 Å². The van der Waals surface area contributed by atoms with Crippen molar-refractivity contribution < 1.29 is 13.2 Å². The minimum Gasteiger partial charge on any atom is -0.307 e. The first kappa shape index (κ1) is 13.4. The van der Waals surface area contributed by atoms with E-state index in [0.717, 1.165) is 16.7 Å². The van der Waals surface area contributed by atoms with Gasteiger partial charge in [0.2, 0.25) is 0 Å². The number of H-pyrrole nitrogens is 1. The maximum absolute atomic E-state index is 12.9. The van der Waals surface area contributed by atoms with E-state index in [1.54, 1.807) is 6.92 Å². The summed E-state index contributed by atoms with van der Waals surface area (Å²) in [7, 11) is 0. The van der Waals surface area contributed by atoms with E-state index in [0.29, 0.717) is 6.42 Å². The van der Waals surface area contributed by atoms with Gasteiger partial charge in [-0.3, -0.25) is 9.36 Å². The number of benzene rings is 1. The van der Waals surface area contributed by atoms with Crippen LogP contribution in [0.4, 0.5) is 13.2 Å². The quantitative estimate of drug-likeness (QED) is 0.910. The maximum atomic E-state index is 12.9. The van der Waals surface area contributed by atoms with Gasteiger partial charge in [-0.1, -0.05) is 13.0 Å². The number of halogens is 3. The zero-order valence-electron chi connectivity index (χ0n) is 10.0. The number of nitrogens with one attached hydrogen (secondary N) is 1. The summed E-state index contributed by atoms with van der Waals surface area (Å²) in [4.78, 5) is 26.0. The second-order valence-corrected chi connectivity index (χ2v) is 4.11. The number of hydrogen-bond acceptors (Lipinski definition) is 2. The molecule has 0 aliphatic carbocycles. The third-order valence-electron chi connectivity index (χ3n) is 2.76. The van der Waals surface area contributed by atoms with Gasteiger partial charge in [0.15, 0.2) is 0 Å². The number of nitrogens with zero attached hydrogens (tertiary/aromatic N) is 1. The Balaban J connectivity index is 2.93. The SMILES string of the molecule is CCCn1c(=O)[nH]c2cccc(C(F)(F)F)c2c1=O. The molecule has 19 heavy (non-hydrogen) atoms. The summed E-state index contributed by atoms with van der Waals surface area (Å²) in [5.41, 5.74) is -2.74. The molecule has 1 heterocycles. The van der Waals surface area contributed by atoms with Crippen LogP contribution in [0.3, 0.4) is 0 Å². The zero-order valence-corrected chi connectivity index (χ0v) is 10.0. The van der Waals surface area contributed by atoms with Crippen LogP contribution in [0.5, 0.6) is 0 Å². The highest BCUT2D eigenvalue weighted by molar-refractivity contribution is 5.81. The molecule has 102 valence electrons. The van der Waals surface area contributed by atoms with E-state index < -0.39 is 28.4 Å². The van der Waals surface area contributed by atoms with Crippen molar-refractivity contribution in [2.24, 2.45) is 0 Å². The van der Waals surface area contributed by atoms with E-state index in [-0.39, 0.29) is 12.1 Å². The first-order valence-corrected chi connectivity index (χ1v) is 5.69. The van der Waals surface area contributed by atoms with Crippen LogP contribution in [0.2, 0.25) is 0 Å². The van der Waals surface area contributed by atoms with Crippen LogP contribution < -0.4 is 11.2 Å². The largest absolute Gasteiger partial charge is 0.417 e. The van der Waals surface area contributed by atoms with E-state index in [4.69, 9.17) is 0 Å². The summed E-state index contributed by atoms with van der Waals surface area (Å²) in [6.07, 6.45) is -4.16. The fourth-order valence-electron chi connectivity index (χ4n) is 1.96. The van der Waals surface area contributed by atoms with Gasteiger partial charge in [-0.15, -0.1) is 0 Å². The van der Waals surface area contributed by atoms with E-state index in [2.05, 4.69) is 4.98 Å². The highest BCUT2D eigenvalue weighted by Gasteiger charge is 2.34. The molecule has 0 aliphatic heterocycles. The van der Waals surface area contributed by atoms with Crippen molar-refractivity contribution in [2.45, 2.75) is 26.1 Å². The van der Waals surface area contributed by atoms with Crippen LogP contribution in [0.1, 0.15) is 18.9 Å². The Morgan fingerprint density at radius 3 is 2.53 bits per heavy atom. The normalized spacial score (nSPS) is 12.0. The molecule has 1 N–H and O–H groups in total. The first-order chi connectivity index (χ1) is 8.86. The Labute approximate surface area is 105 Å².